The van der Waals surface area contributed by atoms with Crippen LogP contribution >= 0.6 is 0 Å². The van der Waals surface area contributed by atoms with Crippen LogP contribution in [0.3, 0.4) is 0 Å². The van der Waals surface area contributed by atoms with Crippen LogP contribution in [0.1, 0.15) is 18.9 Å². The Balaban J connectivity index is 2.06. The maximum Gasteiger partial charge on any atom is 0.227 e. The third-order valence-electron chi connectivity index (χ3n) is 3.49. The number of hydrogen-bond donors (Lipinski definition) is 1. The van der Waals surface area contributed by atoms with E-state index in [-0.39, 0.29) is 23.9 Å². The van der Waals surface area contributed by atoms with E-state index in [0.717, 1.165) is 25.6 Å². The van der Waals surface area contributed by atoms with Crippen LogP contribution in [0.2, 0.25) is 0 Å². The third-order valence-corrected chi connectivity index (χ3v) is 3.49. The summed E-state index contributed by atoms with van der Waals surface area (Å²) < 4.78 is 26.3. The quantitative estimate of drug-likeness (QED) is 0.901. The highest BCUT2D eigenvalue weighted by atomic mass is 19.1. The highest BCUT2D eigenvalue weighted by Gasteiger charge is 2.25. The van der Waals surface area contributed by atoms with E-state index < -0.39 is 11.6 Å². The van der Waals surface area contributed by atoms with E-state index in [2.05, 4.69) is 5.32 Å². The van der Waals surface area contributed by atoms with Gasteiger partial charge in [0.1, 0.15) is 11.6 Å². The van der Waals surface area contributed by atoms with Crippen molar-refractivity contribution in [3.05, 3.63) is 35.4 Å². The molecule has 2 rings (SSSR count). The number of rotatable bonds is 4. The Morgan fingerprint density at radius 2 is 2.26 bits per heavy atom. The molecule has 5 heteroatoms. The number of likely N-dealkylation sites (N-methyl/N-ethyl adjacent to an activating group) is 1. The maximum absolute atomic E-state index is 13.5. The van der Waals surface area contributed by atoms with Crippen molar-refractivity contribution in [1.29, 1.82) is 0 Å². The van der Waals surface area contributed by atoms with Gasteiger partial charge >= 0.3 is 0 Å². The Morgan fingerprint density at radius 3 is 2.84 bits per heavy atom. The normalized spacial score (nSPS) is 18.6. The van der Waals surface area contributed by atoms with Crippen LogP contribution in [0.15, 0.2) is 18.2 Å². The molecular formula is C14H18F2N2O. The van der Waals surface area contributed by atoms with Crippen molar-refractivity contribution in [2.45, 2.75) is 25.8 Å². The molecule has 0 radical (unpaired) electrons. The van der Waals surface area contributed by atoms with E-state index in [4.69, 9.17) is 0 Å². The summed E-state index contributed by atoms with van der Waals surface area (Å²) in [7, 11) is 0. The smallest absolute Gasteiger partial charge is 0.227 e. The van der Waals surface area contributed by atoms with Crippen LogP contribution in [0.5, 0.6) is 0 Å². The molecule has 104 valence electrons. The Bertz CT molecular complexity index is 459. The molecule has 0 saturated carbocycles. The summed E-state index contributed by atoms with van der Waals surface area (Å²) in [5, 5.41) is 3.21. The van der Waals surface area contributed by atoms with Crippen LogP contribution < -0.4 is 5.32 Å². The molecule has 1 N–H and O–H groups in total. The minimum atomic E-state index is -0.658. The molecule has 1 unspecified atom stereocenters. The van der Waals surface area contributed by atoms with Gasteiger partial charge in [-0.25, -0.2) is 8.78 Å². The van der Waals surface area contributed by atoms with Crippen LogP contribution in [-0.2, 0) is 11.2 Å². The Labute approximate surface area is 111 Å². The van der Waals surface area contributed by atoms with Gasteiger partial charge < -0.3 is 10.2 Å². The van der Waals surface area contributed by atoms with Gasteiger partial charge in [0.25, 0.3) is 0 Å². The number of amides is 1. The molecule has 1 fully saturated rings. The van der Waals surface area contributed by atoms with Crippen molar-refractivity contribution in [2.24, 2.45) is 0 Å². The lowest BCUT2D eigenvalue weighted by atomic mass is 10.1. The molecule has 1 aliphatic rings. The highest BCUT2D eigenvalue weighted by molar-refractivity contribution is 5.79. The average Bonchev–Trinajstić information content (AvgIpc) is 2.87. The Hall–Kier alpha value is -1.49. The van der Waals surface area contributed by atoms with E-state index in [0.29, 0.717) is 6.54 Å². The summed E-state index contributed by atoms with van der Waals surface area (Å²) in [4.78, 5) is 14.0. The number of nitrogens with zero attached hydrogens (tertiary/aromatic N) is 1. The number of halogens is 2. The standard InChI is InChI=1S/C14H18F2N2O/c1-2-18(12-5-6-17-9-12)14(19)7-10-3-4-11(15)8-13(10)16/h3-4,8,12,17H,2,5-7,9H2,1H3. The van der Waals surface area contributed by atoms with Crippen molar-refractivity contribution < 1.29 is 13.6 Å². The second kappa shape index (κ2) is 6.10. The van der Waals surface area contributed by atoms with Crippen molar-refractivity contribution in [2.75, 3.05) is 19.6 Å². The zero-order chi connectivity index (χ0) is 13.8. The minimum Gasteiger partial charge on any atom is -0.338 e. The highest BCUT2D eigenvalue weighted by Crippen LogP contribution is 2.14. The molecule has 1 aliphatic heterocycles. The van der Waals surface area contributed by atoms with Gasteiger partial charge in [0.2, 0.25) is 5.91 Å². The van der Waals surface area contributed by atoms with Crippen LogP contribution in [0, 0.1) is 11.6 Å². The maximum atomic E-state index is 13.5. The van der Waals surface area contributed by atoms with Crippen LogP contribution in [0.4, 0.5) is 8.78 Å². The molecule has 3 nitrogen and oxygen atoms in total. The number of benzene rings is 1. The van der Waals surface area contributed by atoms with E-state index in [1.165, 1.54) is 12.1 Å². The minimum absolute atomic E-state index is 0.0174. The van der Waals surface area contributed by atoms with Crippen molar-refractivity contribution >= 4 is 5.91 Å². The van der Waals surface area contributed by atoms with Gasteiger partial charge in [-0.2, -0.15) is 0 Å². The molecule has 0 aromatic heterocycles. The molecule has 19 heavy (non-hydrogen) atoms. The topological polar surface area (TPSA) is 32.3 Å². The van der Waals surface area contributed by atoms with E-state index in [1.807, 2.05) is 6.92 Å². The first-order chi connectivity index (χ1) is 9.11. The molecule has 1 atom stereocenters. The fourth-order valence-corrected chi connectivity index (χ4v) is 2.47. The first-order valence-corrected chi connectivity index (χ1v) is 6.56. The zero-order valence-electron chi connectivity index (χ0n) is 11.0. The van der Waals surface area contributed by atoms with E-state index in [1.54, 1.807) is 4.90 Å². The molecule has 1 heterocycles. The lowest BCUT2D eigenvalue weighted by Gasteiger charge is -2.27. The molecular weight excluding hydrogens is 250 g/mol. The van der Waals surface area contributed by atoms with E-state index >= 15 is 0 Å². The molecule has 1 saturated heterocycles. The summed E-state index contributed by atoms with van der Waals surface area (Å²) in [5.41, 5.74) is 0.246. The molecule has 0 bridgehead atoms. The van der Waals surface area contributed by atoms with Gasteiger partial charge in [-0.15, -0.1) is 0 Å². The number of hydrogen-bond acceptors (Lipinski definition) is 2. The van der Waals surface area contributed by atoms with Gasteiger partial charge in [-0.1, -0.05) is 6.07 Å². The van der Waals surface area contributed by atoms with Gasteiger partial charge in [0.15, 0.2) is 0 Å². The second-order valence-corrected chi connectivity index (χ2v) is 4.74. The Morgan fingerprint density at radius 1 is 1.47 bits per heavy atom. The lowest BCUT2D eigenvalue weighted by molar-refractivity contribution is -0.132. The lowest BCUT2D eigenvalue weighted by Crippen LogP contribution is -2.42. The number of carbonyl (C=O) groups excluding carboxylic acids is 1. The fourth-order valence-electron chi connectivity index (χ4n) is 2.47. The predicted molar refractivity (Wildman–Crippen MR) is 68.7 cm³/mol. The average molecular weight is 268 g/mol. The van der Waals surface area contributed by atoms with Crippen molar-refractivity contribution in [3.63, 3.8) is 0 Å². The van der Waals surface area contributed by atoms with Gasteiger partial charge in [-0.05, 0) is 31.5 Å². The van der Waals surface area contributed by atoms with Crippen molar-refractivity contribution in [3.8, 4) is 0 Å². The van der Waals surface area contributed by atoms with E-state index in [9.17, 15) is 13.6 Å². The summed E-state index contributed by atoms with van der Waals surface area (Å²) in [6, 6.07) is 3.51. The summed E-state index contributed by atoms with van der Waals surface area (Å²) in [5.74, 6) is -1.39. The molecule has 1 amide bonds. The first kappa shape index (κ1) is 13.9. The van der Waals surface area contributed by atoms with Gasteiger partial charge in [0, 0.05) is 25.2 Å². The number of carbonyl (C=O) groups is 1. The molecule has 0 aliphatic carbocycles. The summed E-state index contributed by atoms with van der Waals surface area (Å²) >= 11 is 0. The monoisotopic (exact) mass is 268 g/mol. The molecule has 1 aromatic carbocycles. The van der Waals surface area contributed by atoms with Crippen molar-refractivity contribution in [1.82, 2.24) is 10.2 Å². The largest absolute Gasteiger partial charge is 0.338 e. The molecule has 0 spiro atoms. The zero-order valence-corrected chi connectivity index (χ0v) is 11.0. The number of nitrogens with one attached hydrogen (secondary N) is 1. The SMILES string of the molecule is CCN(C(=O)Cc1ccc(F)cc1F)C1CCNC1. The van der Waals surface area contributed by atoms with Crippen LogP contribution in [0.25, 0.3) is 0 Å². The Kier molecular flexibility index (Phi) is 4.47. The predicted octanol–water partition coefficient (Wildman–Crippen LogP) is 1.72. The fraction of sp³-hybridized carbons (Fsp3) is 0.500. The molecule has 1 aromatic rings. The summed E-state index contributed by atoms with van der Waals surface area (Å²) in [6.45, 7) is 4.20. The summed E-state index contributed by atoms with van der Waals surface area (Å²) in [6.07, 6.45) is 0.905. The third kappa shape index (κ3) is 3.29. The first-order valence-electron chi connectivity index (χ1n) is 6.56. The van der Waals surface area contributed by atoms with Crippen LogP contribution in [-0.4, -0.2) is 36.5 Å². The second-order valence-electron chi connectivity index (χ2n) is 4.74. The van der Waals surface area contributed by atoms with Gasteiger partial charge in [0.05, 0.1) is 6.42 Å². The van der Waals surface area contributed by atoms with Gasteiger partial charge in [-0.3, -0.25) is 4.79 Å².